The predicted molar refractivity (Wildman–Crippen MR) is 87.7 cm³/mol. The van der Waals surface area contributed by atoms with Gasteiger partial charge in [-0.2, -0.15) is 13.9 Å². The van der Waals surface area contributed by atoms with E-state index in [2.05, 4.69) is 15.3 Å². The number of ether oxygens (including phenoxy) is 3. The molecule has 2 aromatic carbocycles. The molecule has 0 unspecified atom stereocenters. The zero-order chi connectivity index (χ0) is 18.2. The highest BCUT2D eigenvalue weighted by Crippen LogP contribution is 2.27. The van der Waals surface area contributed by atoms with Gasteiger partial charge in [0.1, 0.15) is 5.75 Å². The lowest BCUT2D eigenvalue weighted by Crippen LogP contribution is -2.17. The van der Waals surface area contributed by atoms with E-state index in [1.54, 1.807) is 12.1 Å². The summed E-state index contributed by atoms with van der Waals surface area (Å²) in [4.78, 5) is 12.1. The Morgan fingerprint density at radius 2 is 1.76 bits per heavy atom. The lowest BCUT2D eigenvalue weighted by molar-refractivity contribution is -0.0498. The highest BCUT2D eigenvalue weighted by Gasteiger charge is 2.10. The molecule has 25 heavy (non-hydrogen) atoms. The number of nitrogens with zero attached hydrogens (tertiary/aromatic N) is 1. The molecular weight excluding hydrogens is 334 g/mol. The summed E-state index contributed by atoms with van der Waals surface area (Å²) in [5.41, 5.74) is 3.31. The first-order chi connectivity index (χ1) is 12.0. The van der Waals surface area contributed by atoms with E-state index < -0.39 is 12.5 Å². The molecule has 0 spiro atoms. The van der Waals surface area contributed by atoms with Crippen LogP contribution in [-0.2, 0) is 0 Å². The fourth-order valence-corrected chi connectivity index (χ4v) is 1.94. The fourth-order valence-electron chi connectivity index (χ4n) is 1.94. The summed E-state index contributed by atoms with van der Waals surface area (Å²) in [6, 6.07) is 10.5. The third kappa shape index (κ3) is 5.17. The molecule has 132 valence electrons. The molecule has 0 saturated heterocycles. The van der Waals surface area contributed by atoms with E-state index in [1.807, 2.05) is 0 Å². The van der Waals surface area contributed by atoms with Gasteiger partial charge < -0.3 is 14.2 Å². The van der Waals surface area contributed by atoms with Crippen LogP contribution in [0.4, 0.5) is 8.78 Å². The number of carbonyl (C=O) groups excluding carboxylic acids is 1. The Balaban J connectivity index is 1.98. The number of nitrogens with one attached hydrogen (secondary N) is 1. The number of hydrogen-bond donors (Lipinski definition) is 1. The molecule has 8 heteroatoms. The van der Waals surface area contributed by atoms with Gasteiger partial charge in [0, 0.05) is 5.56 Å². The van der Waals surface area contributed by atoms with Crippen molar-refractivity contribution in [2.45, 2.75) is 6.61 Å². The molecule has 0 heterocycles. The first-order valence-electron chi connectivity index (χ1n) is 7.14. The lowest BCUT2D eigenvalue weighted by Gasteiger charge is -2.08. The van der Waals surface area contributed by atoms with Gasteiger partial charge in [-0.05, 0) is 48.0 Å². The minimum absolute atomic E-state index is 0.0431. The Kier molecular flexibility index (Phi) is 6.27. The van der Waals surface area contributed by atoms with Gasteiger partial charge in [0.15, 0.2) is 11.5 Å². The number of carbonyl (C=O) groups is 1. The maximum atomic E-state index is 12.1. The molecule has 0 aliphatic carbocycles. The number of methoxy groups -OCH3 is 2. The average molecular weight is 350 g/mol. The number of benzene rings is 2. The van der Waals surface area contributed by atoms with Crippen molar-refractivity contribution in [3.8, 4) is 17.2 Å². The van der Waals surface area contributed by atoms with Crippen LogP contribution in [0.2, 0.25) is 0 Å². The molecule has 0 aliphatic rings. The van der Waals surface area contributed by atoms with Gasteiger partial charge in [-0.3, -0.25) is 4.79 Å². The quantitative estimate of drug-likeness (QED) is 0.615. The molecule has 6 nitrogen and oxygen atoms in total. The first-order valence-corrected chi connectivity index (χ1v) is 7.14. The van der Waals surface area contributed by atoms with Gasteiger partial charge in [0.05, 0.1) is 20.4 Å². The highest BCUT2D eigenvalue weighted by molar-refractivity contribution is 5.95. The molecule has 1 amide bonds. The van der Waals surface area contributed by atoms with Crippen LogP contribution in [0.5, 0.6) is 17.2 Å². The number of alkyl halides is 2. The number of amides is 1. The maximum Gasteiger partial charge on any atom is 0.387 e. The third-order valence-corrected chi connectivity index (χ3v) is 3.13. The SMILES string of the molecule is COc1ccc(C(=O)NN=Cc2ccc(OC(F)F)cc2)cc1OC. The second-order valence-electron chi connectivity index (χ2n) is 4.72. The summed E-state index contributed by atoms with van der Waals surface area (Å²) >= 11 is 0. The maximum absolute atomic E-state index is 12.1. The monoisotopic (exact) mass is 350 g/mol. The normalized spacial score (nSPS) is 10.8. The summed E-state index contributed by atoms with van der Waals surface area (Å²) < 4.78 is 38.6. The van der Waals surface area contributed by atoms with E-state index in [1.165, 1.54) is 50.8 Å². The van der Waals surface area contributed by atoms with Gasteiger partial charge in [-0.15, -0.1) is 0 Å². The Morgan fingerprint density at radius 3 is 2.36 bits per heavy atom. The van der Waals surface area contributed by atoms with Gasteiger partial charge in [-0.25, -0.2) is 5.43 Å². The zero-order valence-electron chi connectivity index (χ0n) is 13.5. The van der Waals surface area contributed by atoms with Gasteiger partial charge in [-0.1, -0.05) is 0 Å². The van der Waals surface area contributed by atoms with Crippen LogP contribution in [0.15, 0.2) is 47.6 Å². The molecule has 1 N–H and O–H groups in total. The molecule has 2 aromatic rings. The van der Waals surface area contributed by atoms with Crippen molar-refractivity contribution in [1.29, 1.82) is 0 Å². The van der Waals surface area contributed by atoms with E-state index in [4.69, 9.17) is 9.47 Å². The van der Waals surface area contributed by atoms with E-state index in [9.17, 15) is 13.6 Å². The van der Waals surface area contributed by atoms with Crippen molar-refractivity contribution in [1.82, 2.24) is 5.43 Å². The van der Waals surface area contributed by atoms with Crippen molar-refractivity contribution in [2.24, 2.45) is 5.10 Å². The van der Waals surface area contributed by atoms with Crippen molar-refractivity contribution in [2.75, 3.05) is 14.2 Å². The highest BCUT2D eigenvalue weighted by atomic mass is 19.3. The fraction of sp³-hybridized carbons (Fsp3) is 0.176. The van der Waals surface area contributed by atoms with Crippen LogP contribution in [0.3, 0.4) is 0 Å². The molecule has 0 saturated carbocycles. The zero-order valence-corrected chi connectivity index (χ0v) is 13.5. The summed E-state index contributed by atoms with van der Waals surface area (Å²) in [5, 5.41) is 3.82. The first kappa shape index (κ1) is 18.2. The molecular formula is C17H16F2N2O4. The van der Waals surface area contributed by atoms with E-state index in [0.717, 1.165) is 0 Å². The van der Waals surface area contributed by atoms with Crippen LogP contribution in [-0.4, -0.2) is 33.0 Å². The standard InChI is InChI=1S/C17H16F2N2O4/c1-23-14-8-5-12(9-15(14)24-2)16(22)21-20-10-11-3-6-13(7-4-11)25-17(18)19/h3-10,17H,1-2H3,(H,21,22). The predicted octanol–water partition coefficient (Wildman–Crippen LogP) is 3.07. The Hall–Kier alpha value is -3.16. The molecule has 0 radical (unpaired) electrons. The minimum Gasteiger partial charge on any atom is -0.493 e. The van der Waals surface area contributed by atoms with Gasteiger partial charge in [0.2, 0.25) is 0 Å². The Labute approximate surface area is 143 Å². The van der Waals surface area contributed by atoms with Crippen molar-refractivity contribution < 1.29 is 27.8 Å². The van der Waals surface area contributed by atoms with Crippen LogP contribution in [0.25, 0.3) is 0 Å². The molecule has 0 bridgehead atoms. The average Bonchev–Trinajstić information content (AvgIpc) is 2.62. The van der Waals surface area contributed by atoms with E-state index in [-0.39, 0.29) is 5.75 Å². The molecule has 0 fully saturated rings. The number of hydrogen-bond acceptors (Lipinski definition) is 5. The van der Waals surface area contributed by atoms with E-state index in [0.29, 0.717) is 22.6 Å². The summed E-state index contributed by atoms with van der Waals surface area (Å²) in [7, 11) is 2.97. The second kappa shape index (κ2) is 8.62. The van der Waals surface area contributed by atoms with Crippen LogP contribution in [0.1, 0.15) is 15.9 Å². The van der Waals surface area contributed by atoms with Crippen LogP contribution in [0, 0.1) is 0 Å². The molecule has 0 atom stereocenters. The van der Waals surface area contributed by atoms with Gasteiger partial charge in [0.25, 0.3) is 5.91 Å². The van der Waals surface area contributed by atoms with E-state index >= 15 is 0 Å². The molecule has 0 aromatic heterocycles. The van der Waals surface area contributed by atoms with Crippen molar-refractivity contribution in [3.63, 3.8) is 0 Å². The van der Waals surface area contributed by atoms with Crippen LogP contribution >= 0.6 is 0 Å². The van der Waals surface area contributed by atoms with Gasteiger partial charge >= 0.3 is 6.61 Å². The van der Waals surface area contributed by atoms with Crippen molar-refractivity contribution >= 4 is 12.1 Å². The smallest absolute Gasteiger partial charge is 0.387 e. The third-order valence-electron chi connectivity index (χ3n) is 3.13. The van der Waals surface area contributed by atoms with Crippen molar-refractivity contribution in [3.05, 3.63) is 53.6 Å². The number of hydrazone groups is 1. The van der Waals surface area contributed by atoms with Crippen LogP contribution < -0.4 is 19.6 Å². The molecule has 0 aliphatic heterocycles. The lowest BCUT2D eigenvalue weighted by atomic mass is 10.2. The largest absolute Gasteiger partial charge is 0.493 e. The Morgan fingerprint density at radius 1 is 1.08 bits per heavy atom. The number of halogens is 2. The summed E-state index contributed by atoms with van der Waals surface area (Å²) in [6.45, 7) is -2.87. The second-order valence-corrected chi connectivity index (χ2v) is 4.72. The summed E-state index contributed by atoms with van der Waals surface area (Å²) in [6.07, 6.45) is 1.38. The minimum atomic E-state index is -2.87. The summed E-state index contributed by atoms with van der Waals surface area (Å²) in [5.74, 6) is 0.541. The Bertz CT molecular complexity index is 749. The molecule has 2 rings (SSSR count). The number of rotatable bonds is 7. The topological polar surface area (TPSA) is 69.2 Å².